The molecule has 0 unspecified atom stereocenters. The molecular weight excluding hydrogens is 359 g/mol. The Hall–Kier alpha value is -3.26. The Balaban J connectivity index is 2.12. The van der Waals surface area contributed by atoms with Gasteiger partial charge in [0.15, 0.2) is 24.1 Å². The summed E-state index contributed by atoms with van der Waals surface area (Å²) in [5.74, 6) is -0.267. The van der Waals surface area contributed by atoms with Gasteiger partial charge in [-0.1, -0.05) is 0 Å². The van der Waals surface area contributed by atoms with E-state index >= 15 is 0 Å². The van der Waals surface area contributed by atoms with Crippen molar-refractivity contribution in [1.29, 1.82) is 0 Å². The lowest BCUT2D eigenvalue weighted by molar-refractivity contribution is 0.0485. The minimum absolute atomic E-state index is 0.0821. The van der Waals surface area contributed by atoms with Gasteiger partial charge >= 0.3 is 0 Å². The number of phenolic OH excluding ortho intramolecular Hbond substituents is 1. The zero-order valence-corrected chi connectivity index (χ0v) is 14.4. The van der Waals surface area contributed by atoms with Crippen molar-refractivity contribution in [2.45, 2.75) is 0 Å². The number of phenols is 1. The first kappa shape index (κ1) is 18.5. The molecule has 1 heterocycles. The Morgan fingerprint density at radius 2 is 1.89 bits per heavy atom. The number of hydrogen-bond donors (Lipinski definition) is 2. The summed E-state index contributed by atoms with van der Waals surface area (Å²) in [6.45, 7) is -0.912. The molecular formula is C19H17FO7. The normalized spacial score (nSPS) is 10.9. The van der Waals surface area contributed by atoms with E-state index in [0.717, 1.165) is 0 Å². The molecule has 0 bridgehead atoms. The van der Waals surface area contributed by atoms with Crippen LogP contribution in [0.5, 0.6) is 23.0 Å². The van der Waals surface area contributed by atoms with Crippen LogP contribution < -0.4 is 14.9 Å². The third-order valence-electron chi connectivity index (χ3n) is 3.72. The third-order valence-corrected chi connectivity index (χ3v) is 3.72. The smallest absolute Gasteiger partial charge is 0.235 e. The molecule has 2 N–H and O–H groups in total. The fourth-order valence-corrected chi connectivity index (χ4v) is 2.52. The van der Waals surface area contributed by atoms with Gasteiger partial charge in [-0.2, -0.15) is 0 Å². The minimum atomic E-state index is -0.671. The van der Waals surface area contributed by atoms with Gasteiger partial charge in [0.05, 0.1) is 5.39 Å². The summed E-state index contributed by atoms with van der Waals surface area (Å²) in [6.07, 6.45) is 0. The van der Waals surface area contributed by atoms with Crippen molar-refractivity contribution in [3.05, 3.63) is 46.6 Å². The second kappa shape index (κ2) is 7.96. The van der Waals surface area contributed by atoms with Crippen LogP contribution in [0.3, 0.4) is 0 Å². The van der Waals surface area contributed by atoms with E-state index < -0.39 is 17.9 Å². The average molecular weight is 376 g/mol. The fraction of sp³-hybridized carbons (Fsp3) is 0.211. The molecule has 0 aliphatic heterocycles. The van der Waals surface area contributed by atoms with E-state index in [1.165, 1.54) is 43.5 Å². The third kappa shape index (κ3) is 3.80. The molecule has 3 aromatic rings. The van der Waals surface area contributed by atoms with Gasteiger partial charge in [-0.3, -0.25) is 4.79 Å². The first-order chi connectivity index (χ1) is 13.0. The fourth-order valence-electron chi connectivity index (χ4n) is 2.52. The highest BCUT2D eigenvalue weighted by molar-refractivity contribution is 5.83. The quantitative estimate of drug-likeness (QED) is 0.611. The minimum Gasteiger partial charge on any atom is -0.508 e. The van der Waals surface area contributed by atoms with E-state index in [9.17, 15) is 19.4 Å². The SMILES string of the molecule is COCOc1cc(-c2oc3cc(O)ccc3c(=O)c2O)ccc1OCCF. The molecule has 2 aromatic carbocycles. The standard InChI is InChI=1S/C19H17FO7/c1-24-10-26-16-8-11(2-5-14(16)25-7-6-20)19-18(23)17(22)13-4-3-12(21)9-15(13)27-19/h2-5,8-9,21,23H,6-7,10H2,1H3. The zero-order chi connectivity index (χ0) is 19.4. The molecule has 1 aromatic heterocycles. The molecule has 0 spiro atoms. The maximum absolute atomic E-state index is 12.4. The maximum Gasteiger partial charge on any atom is 0.235 e. The highest BCUT2D eigenvalue weighted by Crippen LogP contribution is 2.37. The number of alkyl halides is 1. The summed E-state index contributed by atoms with van der Waals surface area (Å²) in [6, 6.07) is 8.47. The van der Waals surface area contributed by atoms with Gasteiger partial charge in [0.25, 0.3) is 0 Å². The molecule has 0 saturated heterocycles. The van der Waals surface area contributed by atoms with E-state index in [4.69, 9.17) is 18.6 Å². The number of halogens is 1. The molecule has 0 amide bonds. The second-order valence-electron chi connectivity index (χ2n) is 5.54. The number of aromatic hydroxyl groups is 2. The molecule has 0 aliphatic carbocycles. The van der Waals surface area contributed by atoms with Gasteiger partial charge in [-0.05, 0) is 30.3 Å². The Morgan fingerprint density at radius 1 is 1.07 bits per heavy atom. The molecule has 0 aliphatic rings. The molecule has 7 nitrogen and oxygen atoms in total. The van der Waals surface area contributed by atoms with Crippen molar-refractivity contribution in [2.24, 2.45) is 0 Å². The number of benzene rings is 2. The average Bonchev–Trinajstić information content (AvgIpc) is 2.67. The van der Waals surface area contributed by atoms with E-state index in [2.05, 4.69) is 0 Å². The lowest BCUT2D eigenvalue weighted by Gasteiger charge is -2.13. The topological polar surface area (TPSA) is 98.4 Å². The number of rotatable bonds is 7. The van der Waals surface area contributed by atoms with Crippen molar-refractivity contribution >= 4 is 11.0 Å². The lowest BCUT2D eigenvalue weighted by atomic mass is 10.1. The molecule has 0 saturated carbocycles. The monoisotopic (exact) mass is 376 g/mol. The largest absolute Gasteiger partial charge is 0.508 e. The first-order valence-electron chi connectivity index (χ1n) is 7.99. The maximum atomic E-state index is 12.4. The van der Waals surface area contributed by atoms with Crippen molar-refractivity contribution in [1.82, 2.24) is 0 Å². The Kier molecular flexibility index (Phi) is 5.46. The molecule has 0 radical (unpaired) electrons. The predicted molar refractivity (Wildman–Crippen MR) is 95.2 cm³/mol. The summed E-state index contributed by atoms with van der Waals surface area (Å²) >= 11 is 0. The van der Waals surface area contributed by atoms with E-state index in [0.29, 0.717) is 5.56 Å². The molecule has 3 rings (SSSR count). The molecule has 142 valence electrons. The number of methoxy groups -OCH3 is 1. The molecule has 27 heavy (non-hydrogen) atoms. The van der Waals surface area contributed by atoms with Gasteiger partial charge in [0.2, 0.25) is 11.2 Å². The Bertz CT molecular complexity index is 1010. The van der Waals surface area contributed by atoms with Crippen LogP contribution in [0, 0.1) is 0 Å². The van der Waals surface area contributed by atoms with Crippen LogP contribution in [0.4, 0.5) is 4.39 Å². The van der Waals surface area contributed by atoms with Crippen LogP contribution in [0.1, 0.15) is 0 Å². The van der Waals surface area contributed by atoms with Crippen molar-refractivity contribution < 1.29 is 33.2 Å². The summed E-state index contributed by atoms with van der Waals surface area (Å²) in [5, 5.41) is 20.0. The number of ether oxygens (including phenoxy) is 3. The van der Waals surface area contributed by atoms with Crippen LogP contribution >= 0.6 is 0 Å². The zero-order valence-electron chi connectivity index (χ0n) is 14.4. The molecule has 8 heteroatoms. The summed E-state index contributed by atoms with van der Waals surface area (Å²) < 4.78 is 33.6. The lowest BCUT2D eigenvalue weighted by Crippen LogP contribution is -2.05. The van der Waals surface area contributed by atoms with Gasteiger partial charge < -0.3 is 28.8 Å². The van der Waals surface area contributed by atoms with Crippen LogP contribution in [0.25, 0.3) is 22.3 Å². The highest BCUT2D eigenvalue weighted by Gasteiger charge is 2.18. The van der Waals surface area contributed by atoms with E-state index in [1.807, 2.05) is 0 Å². The van der Waals surface area contributed by atoms with Crippen LogP contribution in [-0.2, 0) is 4.74 Å². The molecule has 0 atom stereocenters. The van der Waals surface area contributed by atoms with Crippen LogP contribution in [-0.4, -0.2) is 37.4 Å². The summed E-state index contributed by atoms with van der Waals surface area (Å²) in [7, 11) is 1.44. The van der Waals surface area contributed by atoms with E-state index in [1.54, 1.807) is 0 Å². The van der Waals surface area contributed by atoms with Crippen LogP contribution in [0.2, 0.25) is 0 Å². The van der Waals surface area contributed by atoms with Crippen LogP contribution in [0.15, 0.2) is 45.6 Å². The predicted octanol–water partition coefficient (Wildman–Crippen LogP) is 3.20. The number of fused-ring (bicyclic) bond motifs is 1. The summed E-state index contributed by atoms with van der Waals surface area (Å²) in [4.78, 5) is 12.4. The van der Waals surface area contributed by atoms with Gasteiger partial charge in [-0.15, -0.1) is 0 Å². The Labute approximate surface area is 153 Å². The van der Waals surface area contributed by atoms with Gasteiger partial charge in [0.1, 0.15) is 24.6 Å². The second-order valence-corrected chi connectivity index (χ2v) is 5.54. The molecule has 0 fully saturated rings. The van der Waals surface area contributed by atoms with Crippen molar-refractivity contribution in [3.8, 4) is 34.3 Å². The highest BCUT2D eigenvalue weighted by atomic mass is 19.1. The van der Waals surface area contributed by atoms with Gasteiger partial charge in [-0.25, -0.2) is 4.39 Å². The van der Waals surface area contributed by atoms with E-state index in [-0.39, 0.29) is 47.4 Å². The van der Waals surface area contributed by atoms with Gasteiger partial charge in [0, 0.05) is 18.7 Å². The summed E-state index contributed by atoms with van der Waals surface area (Å²) in [5.41, 5.74) is -0.193. The number of hydrogen-bond acceptors (Lipinski definition) is 7. The van der Waals surface area contributed by atoms with Crippen molar-refractivity contribution in [3.63, 3.8) is 0 Å². The first-order valence-corrected chi connectivity index (χ1v) is 7.99. The Morgan fingerprint density at radius 3 is 2.63 bits per heavy atom. The van der Waals surface area contributed by atoms with Crippen molar-refractivity contribution in [2.75, 3.05) is 27.2 Å².